The van der Waals surface area contributed by atoms with Gasteiger partial charge in [-0.3, -0.25) is 4.98 Å². The maximum Gasteiger partial charge on any atom is 0.0423 e. The van der Waals surface area contributed by atoms with Crippen molar-refractivity contribution in [1.29, 1.82) is 0 Å². The van der Waals surface area contributed by atoms with E-state index in [4.69, 9.17) is 5.73 Å². The molecule has 17 heavy (non-hydrogen) atoms. The number of unbranched alkanes of at least 4 members (excludes halogenated alkanes) is 4. The van der Waals surface area contributed by atoms with E-state index in [1.54, 1.807) is 0 Å². The molecule has 2 nitrogen and oxygen atoms in total. The molecule has 0 aliphatic carbocycles. The van der Waals surface area contributed by atoms with Gasteiger partial charge in [-0.1, -0.05) is 45.1 Å². The lowest BCUT2D eigenvalue weighted by molar-refractivity contribution is 0.552. The number of nitrogens with two attached hydrogens (primary N) is 1. The molecule has 0 radical (unpaired) electrons. The van der Waals surface area contributed by atoms with Crippen LogP contribution in [0.25, 0.3) is 0 Å². The first-order valence-corrected chi connectivity index (χ1v) is 6.85. The fraction of sp³-hybridized carbons (Fsp3) is 0.667. The number of pyridine rings is 1. The van der Waals surface area contributed by atoms with Gasteiger partial charge in [-0.2, -0.15) is 0 Å². The average molecular weight is 234 g/mol. The normalized spacial score (nSPS) is 12.7. The zero-order valence-electron chi connectivity index (χ0n) is 11.5. The molecule has 1 atom stereocenters. The summed E-state index contributed by atoms with van der Waals surface area (Å²) in [7, 11) is 0. The van der Waals surface area contributed by atoms with Crippen molar-refractivity contribution in [1.82, 2.24) is 4.98 Å². The third kappa shape index (κ3) is 4.86. The highest BCUT2D eigenvalue weighted by Gasteiger charge is 2.09. The number of hydrogen-bond acceptors (Lipinski definition) is 2. The molecule has 0 aromatic carbocycles. The summed E-state index contributed by atoms with van der Waals surface area (Å²) >= 11 is 0. The Morgan fingerprint density at radius 3 is 2.47 bits per heavy atom. The number of rotatable bonds is 7. The lowest BCUT2D eigenvalue weighted by Gasteiger charge is -2.14. The van der Waals surface area contributed by atoms with Crippen molar-refractivity contribution in [3.05, 3.63) is 29.1 Å². The second-order valence-electron chi connectivity index (χ2n) is 4.94. The van der Waals surface area contributed by atoms with Crippen molar-refractivity contribution in [2.75, 3.05) is 0 Å². The van der Waals surface area contributed by atoms with Gasteiger partial charge in [-0.15, -0.1) is 0 Å². The first kappa shape index (κ1) is 14.2. The lowest BCUT2D eigenvalue weighted by atomic mass is 9.99. The Labute approximate surface area is 106 Å². The smallest absolute Gasteiger partial charge is 0.0423 e. The maximum absolute atomic E-state index is 6.22. The van der Waals surface area contributed by atoms with Gasteiger partial charge in [0.25, 0.3) is 0 Å². The van der Waals surface area contributed by atoms with E-state index in [2.05, 4.69) is 31.0 Å². The molecular weight excluding hydrogens is 208 g/mol. The number of hydrogen-bond donors (Lipinski definition) is 1. The van der Waals surface area contributed by atoms with Crippen LogP contribution < -0.4 is 5.73 Å². The van der Waals surface area contributed by atoms with Gasteiger partial charge in [-0.05, 0) is 31.9 Å². The van der Waals surface area contributed by atoms with Crippen LogP contribution in [-0.2, 0) is 0 Å². The van der Waals surface area contributed by atoms with Gasteiger partial charge in [0.1, 0.15) is 0 Å². The van der Waals surface area contributed by atoms with Crippen LogP contribution in [0.2, 0.25) is 0 Å². The SMILES string of the molecule is CCCCCCCC(N)c1ccc(C)nc1C. The van der Waals surface area contributed by atoms with Gasteiger partial charge in [0.05, 0.1) is 0 Å². The maximum atomic E-state index is 6.22. The molecule has 1 aromatic heterocycles. The van der Waals surface area contributed by atoms with Crippen molar-refractivity contribution in [2.24, 2.45) is 5.73 Å². The Hall–Kier alpha value is -0.890. The number of aryl methyl sites for hydroxylation is 2. The van der Waals surface area contributed by atoms with Crippen LogP contribution in [0.3, 0.4) is 0 Å². The number of nitrogens with zero attached hydrogens (tertiary/aromatic N) is 1. The molecule has 1 rings (SSSR count). The Bertz CT molecular complexity index is 334. The molecular formula is C15H26N2. The van der Waals surface area contributed by atoms with Gasteiger partial charge in [0, 0.05) is 17.4 Å². The standard InChI is InChI=1S/C15H26N2/c1-4-5-6-7-8-9-15(16)14-11-10-12(2)17-13(14)3/h10-11,15H,4-9,16H2,1-3H3. The predicted octanol–water partition coefficient (Wildman–Crippen LogP) is 4.06. The molecule has 0 fully saturated rings. The Morgan fingerprint density at radius 1 is 1.12 bits per heavy atom. The average Bonchev–Trinajstić information content (AvgIpc) is 2.28. The largest absolute Gasteiger partial charge is 0.324 e. The summed E-state index contributed by atoms with van der Waals surface area (Å²) in [6.45, 7) is 6.32. The molecule has 0 aliphatic heterocycles. The highest BCUT2D eigenvalue weighted by atomic mass is 14.7. The summed E-state index contributed by atoms with van der Waals surface area (Å²) in [5, 5.41) is 0. The van der Waals surface area contributed by atoms with E-state index in [9.17, 15) is 0 Å². The third-order valence-electron chi connectivity index (χ3n) is 3.28. The van der Waals surface area contributed by atoms with Crippen molar-refractivity contribution < 1.29 is 0 Å². The van der Waals surface area contributed by atoms with Crippen LogP contribution in [0.15, 0.2) is 12.1 Å². The minimum Gasteiger partial charge on any atom is -0.324 e. The molecule has 0 saturated carbocycles. The van der Waals surface area contributed by atoms with Gasteiger partial charge in [-0.25, -0.2) is 0 Å². The molecule has 2 heteroatoms. The highest BCUT2D eigenvalue weighted by molar-refractivity contribution is 5.24. The second kappa shape index (κ2) is 7.44. The fourth-order valence-corrected chi connectivity index (χ4v) is 2.21. The highest BCUT2D eigenvalue weighted by Crippen LogP contribution is 2.20. The molecule has 0 aliphatic rings. The fourth-order valence-electron chi connectivity index (χ4n) is 2.21. The molecule has 1 unspecified atom stereocenters. The molecule has 96 valence electrons. The summed E-state index contributed by atoms with van der Waals surface area (Å²) in [5.41, 5.74) is 9.59. The van der Waals surface area contributed by atoms with Crippen LogP contribution in [0, 0.1) is 13.8 Å². The molecule has 1 aromatic rings. The number of aromatic nitrogens is 1. The summed E-state index contributed by atoms with van der Waals surface area (Å²) in [6, 6.07) is 4.35. The lowest BCUT2D eigenvalue weighted by Crippen LogP contribution is -2.12. The van der Waals surface area contributed by atoms with Gasteiger partial charge < -0.3 is 5.73 Å². The summed E-state index contributed by atoms with van der Waals surface area (Å²) in [5.74, 6) is 0. The molecule has 2 N–H and O–H groups in total. The predicted molar refractivity (Wildman–Crippen MR) is 74.0 cm³/mol. The first-order chi connectivity index (χ1) is 8.15. The van der Waals surface area contributed by atoms with Crippen LogP contribution in [0.4, 0.5) is 0 Å². The van der Waals surface area contributed by atoms with E-state index in [1.165, 1.54) is 37.7 Å². The Morgan fingerprint density at radius 2 is 1.82 bits per heavy atom. The summed E-state index contributed by atoms with van der Waals surface area (Å²) in [6.07, 6.45) is 7.60. The molecule has 1 heterocycles. The van der Waals surface area contributed by atoms with Crippen LogP contribution >= 0.6 is 0 Å². The zero-order chi connectivity index (χ0) is 12.7. The second-order valence-corrected chi connectivity index (χ2v) is 4.94. The van der Waals surface area contributed by atoms with Crippen molar-refractivity contribution in [3.8, 4) is 0 Å². The van der Waals surface area contributed by atoms with Crippen molar-refractivity contribution in [2.45, 2.75) is 65.3 Å². The minimum atomic E-state index is 0.157. The van der Waals surface area contributed by atoms with Gasteiger partial charge >= 0.3 is 0 Å². The molecule has 0 bridgehead atoms. The third-order valence-corrected chi connectivity index (χ3v) is 3.28. The topological polar surface area (TPSA) is 38.9 Å². The quantitative estimate of drug-likeness (QED) is 0.723. The first-order valence-electron chi connectivity index (χ1n) is 6.85. The van der Waals surface area contributed by atoms with Gasteiger partial charge in [0.15, 0.2) is 0 Å². The van der Waals surface area contributed by atoms with E-state index in [0.29, 0.717) is 0 Å². The van der Waals surface area contributed by atoms with Crippen molar-refractivity contribution in [3.63, 3.8) is 0 Å². The summed E-state index contributed by atoms with van der Waals surface area (Å²) < 4.78 is 0. The minimum absolute atomic E-state index is 0.157. The van der Waals surface area contributed by atoms with Crippen LogP contribution in [0.5, 0.6) is 0 Å². The van der Waals surface area contributed by atoms with E-state index in [0.717, 1.165) is 17.8 Å². The molecule has 0 saturated heterocycles. The molecule has 0 spiro atoms. The van der Waals surface area contributed by atoms with Crippen LogP contribution in [0.1, 0.15) is 68.4 Å². The van der Waals surface area contributed by atoms with Crippen LogP contribution in [-0.4, -0.2) is 4.98 Å². The van der Waals surface area contributed by atoms with Crippen molar-refractivity contribution >= 4 is 0 Å². The van der Waals surface area contributed by atoms with Gasteiger partial charge in [0.2, 0.25) is 0 Å². The van der Waals surface area contributed by atoms with E-state index in [1.807, 2.05) is 6.92 Å². The zero-order valence-corrected chi connectivity index (χ0v) is 11.5. The van der Waals surface area contributed by atoms with E-state index in [-0.39, 0.29) is 6.04 Å². The monoisotopic (exact) mass is 234 g/mol. The summed E-state index contributed by atoms with van der Waals surface area (Å²) in [4.78, 5) is 4.47. The van der Waals surface area contributed by atoms with E-state index < -0.39 is 0 Å². The Kier molecular flexibility index (Phi) is 6.20. The Balaban J connectivity index is 2.38. The molecule has 0 amide bonds. The van der Waals surface area contributed by atoms with E-state index >= 15 is 0 Å².